The highest BCUT2D eigenvalue weighted by Crippen LogP contribution is 2.41. The van der Waals surface area contributed by atoms with Crippen molar-refractivity contribution >= 4 is 21.9 Å². The van der Waals surface area contributed by atoms with Crippen molar-refractivity contribution in [2.45, 2.75) is 31.3 Å². The minimum absolute atomic E-state index is 0.201. The van der Waals surface area contributed by atoms with Crippen LogP contribution in [0.3, 0.4) is 0 Å². The van der Waals surface area contributed by atoms with Crippen LogP contribution in [0, 0.1) is 5.82 Å². The van der Waals surface area contributed by atoms with Gasteiger partial charge < -0.3 is 9.47 Å². The van der Waals surface area contributed by atoms with Crippen LogP contribution < -0.4 is 4.74 Å². The fourth-order valence-corrected chi connectivity index (χ4v) is 2.34. The molecule has 0 radical (unpaired) electrons. The molecule has 2 rings (SSSR count). The topological polar surface area (TPSA) is 35.5 Å². The van der Waals surface area contributed by atoms with E-state index in [-0.39, 0.29) is 18.2 Å². The van der Waals surface area contributed by atoms with Gasteiger partial charge in [-0.3, -0.25) is 4.79 Å². The summed E-state index contributed by atoms with van der Waals surface area (Å²) in [6.07, 6.45) is 2.77. The lowest BCUT2D eigenvalue weighted by Gasteiger charge is -2.41. The Morgan fingerprint density at radius 1 is 1.50 bits per heavy atom. The van der Waals surface area contributed by atoms with E-state index in [2.05, 4.69) is 20.7 Å². The molecular weight excluding hydrogens is 303 g/mol. The molecule has 1 aliphatic carbocycles. The van der Waals surface area contributed by atoms with Crippen LogP contribution in [0.1, 0.15) is 25.7 Å². The smallest absolute Gasteiger partial charge is 0.309 e. The first kappa shape index (κ1) is 13.3. The van der Waals surface area contributed by atoms with Gasteiger partial charge in [0.05, 0.1) is 18.0 Å². The van der Waals surface area contributed by atoms with Crippen LogP contribution in [-0.4, -0.2) is 18.7 Å². The Morgan fingerprint density at radius 2 is 2.22 bits per heavy atom. The average molecular weight is 317 g/mol. The Balaban J connectivity index is 2.15. The molecule has 0 unspecified atom stereocenters. The second-order valence-electron chi connectivity index (χ2n) is 4.47. The average Bonchev–Trinajstić information content (AvgIpc) is 2.30. The molecule has 1 fully saturated rings. The molecule has 0 saturated heterocycles. The number of carbonyl (C=O) groups excluding carboxylic acids is 1. The van der Waals surface area contributed by atoms with Gasteiger partial charge in [0.1, 0.15) is 17.2 Å². The lowest BCUT2D eigenvalue weighted by molar-refractivity contribution is -0.148. The minimum Gasteiger partial charge on any atom is -0.485 e. The SMILES string of the molecule is COC(=O)CC1(Oc2cc(F)ccc2Br)CCC1. The molecule has 1 saturated carbocycles. The summed E-state index contributed by atoms with van der Waals surface area (Å²) in [7, 11) is 1.35. The number of ether oxygens (including phenoxy) is 2. The van der Waals surface area contributed by atoms with E-state index in [1.807, 2.05) is 0 Å². The van der Waals surface area contributed by atoms with Crippen LogP contribution in [0.5, 0.6) is 5.75 Å². The van der Waals surface area contributed by atoms with E-state index < -0.39 is 5.60 Å². The van der Waals surface area contributed by atoms with Crippen molar-refractivity contribution in [1.29, 1.82) is 0 Å². The van der Waals surface area contributed by atoms with E-state index in [1.54, 1.807) is 6.07 Å². The number of esters is 1. The van der Waals surface area contributed by atoms with Crippen molar-refractivity contribution < 1.29 is 18.7 Å². The molecule has 5 heteroatoms. The first-order valence-electron chi connectivity index (χ1n) is 5.75. The zero-order valence-corrected chi connectivity index (χ0v) is 11.6. The molecule has 0 aliphatic heterocycles. The fraction of sp³-hybridized carbons (Fsp3) is 0.462. The zero-order chi connectivity index (χ0) is 13.2. The van der Waals surface area contributed by atoms with Crippen LogP contribution in [0.2, 0.25) is 0 Å². The Labute approximate surface area is 113 Å². The molecule has 0 spiro atoms. The third-order valence-electron chi connectivity index (χ3n) is 3.18. The van der Waals surface area contributed by atoms with Crippen LogP contribution in [-0.2, 0) is 9.53 Å². The summed E-state index contributed by atoms with van der Waals surface area (Å²) in [6, 6.07) is 4.27. The van der Waals surface area contributed by atoms with Crippen molar-refractivity contribution in [1.82, 2.24) is 0 Å². The first-order chi connectivity index (χ1) is 8.54. The molecule has 18 heavy (non-hydrogen) atoms. The van der Waals surface area contributed by atoms with E-state index in [0.717, 1.165) is 19.3 Å². The molecule has 0 heterocycles. The van der Waals surface area contributed by atoms with E-state index in [1.165, 1.54) is 19.2 Å². The maximum Gasteiger partial charge on any atom is 0.309 e. The van der Waals surface area contributed by atoms with Gasteiger partial charge in [-0.2, -0.15) is 0 Å². The Hall–Kier alpha value is -1.10. The molecule has 98 valence electrons. The van der Waals surface area contributed by atoms with Crippen molar-refractivity contribution in [3.63, 3.8) is 0 Å². The van der Waals surface area contributed by atoms with E-state index in [0.29, 0.717) is 10.2 Å². The highest BCUT2D eigenvalue weighted by Gasteiger charge is 2.42. The van der Waals surface area contributed by atoms with Crippen LogP contribution >= 0.6 is 15.9 Å². The predicted molar refractivity (Wildman–Crippen MR) is 67.9 cm³/mol. The van der Waals surface area contributed by atoms with Gasteiger partial charge in [0.2, 0.25) is 0 Å². The third-order valence-corrected chi connectivity index (χ3v) is 3.83. The second-order valence-corrected chi connectivity index (χ2v) is 5.32. The number of methoxy groups -OCH3 is 1. The van der Waals surface area contributed by atoms with Gasteiger partial charge in [-0.15, -0.1) is 0 Å². The molecule has 0 amide bonds. The number of rotatable bonds is 4. The van der Waals surface area contributed by atoms with E-state index >= 15 is 0 Å². The summed E-state index contributed by atoms with van der Waals surface area (Å²) in [4.78, 5) is 11.4. The number of halogens is 2. The van der Waals surface area contributed by atoms with Gasteiger partial charge in [0.15, 0.2) is 0 Å². The molecule has 1 aliphatic rings. The molecule has 1 aromatic rings. The molecule has 3 nitrogen and oxygen atoms in total. The molecule has 0 aromatic heterocycles. The summed E-state index contributed by atoms with van der Waals surface area (Å²) in [5.74, 6) is -0.235. The van der Waals surface area contributed by atoms with Gasteiger partial charge in [-0.1, -0.05) is 0 Å². The van der Waals surface area contributed by atoms with Crippen molar-refractivity contribution in [3.05, 3.63) is 28.5 Å². The Morgan fingerprint density at radius 3 is 2.78 bits per heavy atom. The largest absolute Gasteiger partial charge is 0.485 e. The summed E-state index contributed by atoms with van der Waals surface area (Å²) < 4.78 is 24.4. The monoisotopic (exact) mass is 316 g/mol. The predicted octanol–water partition coefficient (Wildman–Crippen LogP) is 3.45. The number of benzene rings is 1. The quantitative estimate of drug-likeness (QED) is 0.798. The van der Waals surface area contributed by atoms with Gasteiger partial charge in [0, 0.05) is 6.07 Å². The number of hydrogen-bond donors (Lipinski definition) is 0. The maximum atomic E-state index is 13.2. The Bertz CT molecular complexity index is 458. The van der Waals surface area contributed by atoms with Crippen LogP contribution in [0.4, 0.5) is 4.39 Å². The van der Waals surface area contributed by atoms with Gasteiger partial charge in [0.25, 0.3) is 0 Å². The highest BCUT2D eigenvalue weighted by molar-refractivity contribution is 9.10. The molecule has 0 N–H and O–H groups in total. The van der Waals surface area contributed by atoms with E-state index in [4.69, 9.17) is 4.74 Å². The lowest BCUT2D eigenvalue weighted by atomic mass is 9.77. The summed E-state index contributed by atoms with van der Waals surface area (Å²) >= 11 is 3.31. The normalized spacial score (nSPS) is 16.8. The minimum atomic E-state index is -0.538. The fourth-order valence-electron chi connectivity index (χ4n) is 2.01. The van der Waals surface area contributed by atoms with Crippen molar-refractivity contribution in [2.75, 3.05) is 7.11 Å². The van der Waals surface area contributed by atoms with E-state index in [9.17, 15) is 9.18 Å². The first-order valence-corrected chi connectivity index (χ1v) is 6.55. The third kappa shape index (κ3) is 2.83. The summed E-state index contributed by atoms with van der Waals surface area (Å²) in [6.45, 7) is 0. The van der Waals surface area contributed by atoms with Gasteiger partial charge in [-0.05, 0) is 47.3 Å². The van der Waals surface area contributed by atoms with Crippen LogP contribution in [0.25, 0.3) is 0 Å². The standard InChI is InChI=1S/C13H14BrFO3/c1-17-12(16)8-13(5-2-6-13)18-11-7-9(15)3-4-10(11)14/h3-4,7H,2,5-6,8H2,1H3. The molecular formula is C13H14BrFO3. The Kier molecular flexibility index (Phi) is 3.90. The van der Waals surface area contributed by atoms with Crippen molar-refractivity contribution in [2.24, 2.45) is 0 Å². The highest BCUT2D eigenvalue weighted by atomic mass is 79.9. The molecule has 0 bridgehead atoms. The molecule has 0 atom stereocenters. The second kappa shape index (κ2) is 5.26. The molecule has 1 aromatic carbocycles. The zero-order valence-electron chi connectivity index (χ0n) is 10.0. The lowest BCUT2D eigenvalue weighted by Crippen LogP contribution is -2.45. The van der Waals surface area contributed by atoms with Gasteiger partial charge in [-0.25, -0.2) is 4.39 Å². The number of hydrogen-bond acceptors (Lipinski definition) is 3. The van der Waals surface area contributed by atoms with Crippen molar-refractivity contribution in [3.8, 4) is 5.75 Å². The van der Waals surface area contributed by atoms with Gasteiger partial charge >= 0.3 is 5.97 Å². The summed E-state index contributed by atoms with van der Waals surface area (Å²) in [5.41, 5.74) is -0.538. The van der Waals surface area contributed by atoms with Crippen LogP contribution in [0.15, 0.2) is 22.7 Å². The summed E-state index contributed by atoms with van der Waals surface area (Å²) in [5, 5.41) is 0. The number of carbonyl (C=O) groups is 1. The maximum absolute atomic E-state index is 13.2.